The highest BCUT2D eigenvalue weighted by Crippen LogP contribution is 2.23. The van der Waals surface area contributed by atoms with Crippen LogP contribution >= 0.6 is 12.4 Å². The summed E-state index contributed by atoms with van der Waals surface area (Å²) < 4.78 is 0. The van der Waals surface area contributed by atoms with Crippen LogP contribution in [0.4, 0.5) is 0 Å². The first-order valence-corrected chi connectivity index (χ1v) is 9.02. The topological polar surface area (TPSA) is 20.3 Å². The molecule has 0 saturated carbocycles. The van der Waals surface area contributed by atoms with Crippen molar-refractivity contribution in [2.75, 3.05) is 20.6 Å². The summed E-state index contributed by atoms with van der Waals surface area (Å²) in [6.07, 6.45) is 0.757. The molecule has 27 heavy (non-hydrogen) atoms. The minimum absolute atomic E-state index is 0. The van der Waals surface area contributed by atoms with Gasteiger partial charge in [0.2, 0.25) is 0 Å². The van der Waals surface area contributed by atoms with Crippen molar-refractivity contribution in [2.45, 2.75) is 6.42 Å². The Labute approximate surface area is 168 Å². The molecule has 140 valence electrons. The number of halogens is 1. The summed E-state index contributed by atoms with van der Waals surface area (Å²) in [6, 6.07) is 28.4. The molecule has 0 aliphatic heterocycles. The van der Waals surface area contributed by atoms with Gasteiger partial charge in [0.1, 0.15) is 0 Å². The summed E-state index contributed by atoms with van der Waals surface area (Å²) in [5, 5.41) is 0. The fourth-order valence-electron chi connectivity index (χ4n) is 3.30. The summed E-state index contributed by atoms with van der Waals surface area (Å²) in [7, 11) is 4.04. The lowest BCUT2D eigenvalue weighted by atomic mass is 9.89. The Hall–Kier alpha value is -2.42. The molecule has 0 aliphatic rings. The van der Waals surface area contributed by atoms with Crippen molar-refractivity contribution in [3.8, 4) is 11.1 Å². The lowest BCUT2D eigenvalue weighted by Crippen LogP contribution is -2.29. The van der Waals surface area contributed by atoms with Gasteiger partial charge in [0.05, 0.1) is 0 Å². The molecule has 0 amide bonds. The molecule has 3 aromatic carbocycles. The summed E-state index contributed by atoms with van der Waals surface area (Å²) in [5.74, 6) is 0.152. The standard InChI is InChI=1S/C24H25NO.ClH/c1-25(2)18-23(16-19-10-5-3-6-11-19)24(26)22-15-9-14-21(17-22)20-12-7-4-8-13-20;/h3-15,17,23H,16,18H2,1-2H3;1H/t23-;/m0./s1. The van der Waals surface area contributed by atoms with Gasteiger partial charge in [-0.25, -0.2) is 0 Å². The molecule has 0 N–H and O–H groups in total. The molecule has 0 bridgehead atoms. The van der Waals surface area contributed by atoms with Crippen molar-refractivity contribution in [3.05, 3.63) is 96.1 Å². The first kappa shape index (κ1) is 20.9. The molecular formula is C24H26ClNO. The second-order valence-electron chi connectivity index (χ2n) is 6.96. The van der Waals surface area contributed by atoms with Crippen molar-refractivity contribution in [3.63, 3.8) is 0 Å². The molecule has 3 heteroatoms. The summed E-state index contributed by atoms with van der Waals surface area (Å²) in [4.78, 5) is 15.3. The van der Waals surface area contributed by atoms with E-state index in [-0.39, 0.29) is 24.1 Å². The van der Waals surface area contributed by atoms with Gasteiger partial charge in [0.15, 0.2) is 5.78 Å². The molecule has 1 atom stereocenters. The summed E-state index contributed by atoms with van der Waals surface area (Å²) >= 11 is 0. The van der Waals surface area contributed by atoms with E-state index in [1.165, 1.54) is 5.56 Å². The van der Waals surface area contributed by atoms with Gasteiger partial charge in [-0.3, -0.25) is 4.79 Å². The van der Waals surface area contributed by atoms with E-state index in [1.807, 2.05) is 68.7 Å². The van der Waals surface area contributed by atoms with Crippen molar-refractivity contribution >= 4 is 18.2 Å². The largest absolute Gasteiger partial charge is 0.309 e. The Bertz CT molecular complexity index is 847. The van der Waals surface area contributed by atoms with Crippen molar-refractivity contribution < 1.29 is 4.79 Å². The van der Waals surface area contributed by atoms with E-state index >= 15 is 0 Å². The predicted octanol–water partition coefficient (Wildman–Crippen LogP) is 5.38. The average molecular weight is 380 g/mol. The molecule has 0 aromatic heterocycles. The van der Waals surface area contributed by atoms with E-state index in [9.17, 15) is 4.79 Å². The van der Waals surface area contributed by atoms with E-state index in [0.717, 1.165) is 29.7 Å². The Morgan fingerprint density at radius 2 is 1.41 bits per heavy atom. The van der Waals surface area contributed by atoms with Gasteiger partial charge in [-0.15, -0.1) is 12.4 Å². The lowest BCUT2D eigenvalue weighted by molar-refractivity contribution is 0.0896. The molecule has 3 aromatic rings. The first-order valence-electron chi connectivity index (χ1n) is 9.02. The van der Waals surface area contributed by atoms with Crippen LogP contribution in [-0.2, 0) is 6.42 Å². The average Bonchev–Trinajstić information content (AvgIpc) is 2.68. The molecule has 0 radical (unpaired) electrons. The Morgan fingerprint density at radius 3 is 2.04 bits per heavy atom. The fraction of sp³-hybridized carbons (Fsp3) is 0.208. The van der Waals surface area contributed by atoms with Crippen LogP contribution < -0.4 is 0 Å². The van der Waals surface area contributed by atoms with Gasteiger partial charge in [0.25, 0.3) is 0 Å². The zero-order valence-corrected chi connectivity index (χ0v) is 16.7. The number of ketones is 1. The zero-order valence-electron chi connectivity index (χ0n) is 15.8. The van der Waals surface area contributed by atoms with Crippen molar-refractivity contribution in [1.82, 2.24) is 4.90 Å². The first-order chi connectivity index (χ1) is 12.6. The molecule has 0 aliphatic carbocycles. The maximum absolute atomic E-state index is 13.2. The zero-order chi connectivity index (χ0) is 18.4. The third kappa shape index (κ3) is 5.78. The van der Waals surface area contributed by atoms with Gasteiger partial charge >= 0.3 is 0 Å². The third-order valence-corrected chi connectivity index (χ3v) is 4.54. The Morgan fingerprint density at radius 1 is 0.815 bits per heavy atom. The van der Waals surface area contributed by atoms with Gasteiger partial charge in [-0.1, -0.05) is 78.9 Å². The highest BCUT2D eigenvalue weighted by Gasteiger charge is 2.21. The molecule has 0 spiro atoms. The summed E-state index contributed by atoms with van der Waals surface area (Å²) in [6.45, 7) is 0.739. The maximum Gasteiger partial charge on any atom is 0.167 e. The Balaban J connectivity index is 0.00000261. The number of benzene rings is 3. The number of carbonyl (C=O) groups is 1. The molecule has 0 saturated heterocycles. The van der Waals surface area contributed by atoms with E-state index < -0.39 is 0 Å². The van der Waals surface area contributed by atoms with Crippen LogP contribution in [0, 0.1) is 5.92 Å². The van der Waals surface area contributed by atoms with E-state index in [2.05, 4.69) is 35.2 Å². The van der Waals surface area contributed by atoms with Crippen LogP contribution in [0.3, 0.4) is 0 Å². The second kappa shape index (κ2) is 10.1. The van der Waals surface area contributed by atoms with Gasteiger partial charge < -0.3 is 4.90 Å². The molecule has 3 rings (SSSR count). The van der Waals surface area contributed by atoms with E-state index in [1.54, 1.807) is 0 Å². The molecule has 0 fully saturated rings. The van der Waals surface area contributed by atoms with Gasteiger partial charge in [-0.05, 0) is 43.3 Å². The van der Waals surface area contributed by atoms with E-state index in [4.69, 9.17) is 0 Å². The van der Waals surface area contributed by atoms with Gasteiger partial charge in [-0.2, -0.15) is 0 Å². The normalized spacial score (nSPS) is 11.7. The smallest absolute Gasteiger partial charge is 0.167 e. The SMILES string of the molecule is CN(C)C[C@H](Cc1ccccc1)C(=O)c1cccc(-c2ccccc2)c1.Cl. The van der Waals surface area contributed by atoms with E-state index in [0.29, 0.717) is 0 Å². The maximum atomic E-state index is 13.2. The number of Topliss-reactive ketones (excluding diaryl/α,β-unsaturated/α-hetero) is 1. The van der Waals surface area contributed by atoms with Crippen LogP contribution in [0.2, 0.25) is 0 Å². The third-order valence-electron chi connectivity index (χ3n) is 4.54. The summed E-state index contributed by atoms with van der Waals surface area (Å²) in [5.41, 5.74) is 4.20. The molecular weight excluding hydrogens is 354 g/mol. The van der Waals surface area contributed by atoms with Crippen molar-refractivity contribution in [1.29, 1.82) is 0 Å². The number of hydrogen-bond donors (Lipinski definition) is 0. The second-order valence-corrected chi connectivity index (χ2v) is 6.96. The number of carbonyl (C=O) groups excluding carboxylic acids is 1. The minimum Gasteiger partial charge on any atom is -0.309 e. The molecule has 2 nitrogen and oxygen atoms in total. The number of rotatable bonds is 7. The Kier molecular flexibility index (Phi) is 7.78. The predicted molar refractivity (Wildman–Crippen MR) is 116 cm³/mol. The van der Waals surface area contributed by atoms with Crippen molar-refractivity contribution in [2.24, 2.45) is 5.92 Å². The number of nitrogens with zero attached hydrogens (tertiary/aromatic N) is 1. The fourth-order valence-corrected chi connectivity index (χ4v) is 3.30. The number of hydrogen-bond acceptors (Lipinski definition) is 2. The van der Waals surface area contributed by atoms with Crippen LogP contribution in [0.5, 0.6) is 0 Å². The van der Waals surface area contributed by atoms with Crippen LogP contribution in [0.25, 0.3) is 11.1 Å². The lowest BCUT2D eigenvalue weighted by Gasteiger charge is -2.20. The quantitative estimate of drug-likeness (QED) is 0.514. The van der Waals surface area contributed by atoms with Gasteiger partial charge in [0, 0.05) is 18.0 Å². The highest BCUT2D eigenvalue weighted by atomic mass is 35.5. The van der Waals surface area contributed by atoms with Crippen LogP contribution in [0.1, 0.15) is 15.9 Å². The minimum atomic E-state index is -0.0570. The molecule has 0 unspecified atom stereocenters. The van der Waals surface area contributed by atoms with Crippen LogP contribution in [-0.4, -0.2) is 31.3 Å². The molecule has 0 heterocycles. The highest BCUT2D eigenvalue weighted by molar-refractivity contribution is 5.99. The monoisotopic (exact) mass is 379 g/mol. The van der Waals surface area contributed by atoms with Crippen LogP contribution in [0.15, 0.2) is 84.9 Å².